The number of para-hydroxylation sites is 1. The fourth-order valence-electron chi connectivity index (χ4n) is 2.47. The summed E-state index contributed by atoms with van der Waals surface area (Å²) in [5.41, 5.74) is 1.83. The molecule has 1 amide bonds. The lowest BCUT2D eigenvalue weighted by molar-refractivity contribution is -0.141. The van der Waals surface area contributed by atoms with Crippen LogP contribution in [0.5, 0.6) is 0 Å². The number of aliphatic carboxylic acids is 1. The van der Waals surface area contributed by atoms with Crippen molar-refractivity contribution in [3.63, 3.8) is 0 Å². The summed E-state index contributed by atoms with van der Waals surface area (Å²) in [6.45, 7) is 0.667. The molecule has 0 aliphatic carbocycles. The third-order valence-electron chi connectivity index (χ3n) is 3.59. The molecule has 2 heterocycles. The number of hydrogen-bond acceptors (Lipinski definition) is 3. The fourth-order valence-corrected chi connectivity index (χ4v) is 2.47. The molecule has 2 aromatic rings. The first-order chi connectivity index (χ1) is 10.1. The van der Waals surface area contributed by atoms with Gasteiger partial charge in [-0.15, -0.1) is 0 Å². The van der Waals surface area contributed by atoms with Gasteiger partial charge in [0.15, 0.2) is 0 Å². The van der Waals surface area contributed by atoms with Gasteiger partial charge in [0.25, 0.3) is 0 Å². The number of carbonyl (C=O) groups is 2. The van der Waals surface area contributed by atoms with E-state index in [4.69, 9.17) is 5.11 Å². The van der Waals surface area contributed by atoms with Gasteiger partial charge in [-0.05, 0) is 12.1 Å². The van der Waals surface area contributed by atoms with Crippen LogP contribution in [0.25, 0.3) is 5.69 Å². The van der Waals surface area contributed by atoms with E-state index < -0.39 is 11.9 Å². The van der Waals surface area contributed by atoms with Gasteiger partial charge in [-0.3, -0.25) is 9.59 Å². The molecule has 6 nitrogen and oxygen atoms in total. The predicted molar refractivity (Wildman–Crippen MR) is 74.7 cm³/mol. The maximum Gasteiger partial charge on any atom is 0.308 e. The van der Waals surface area contributed by atoms with Gasteiger partial charge in [-0.25, -0.2) is 4.68 Å². The number of carboxylic acids is 1. The van der Waals surface area contributed by atoms with Crippen LogP contribution in [0.3, 0.4) is 0 Å². The molecule has 1 aromatic carbocycles. The molecule has 1 unspecified atom stereocenters. The molecule has 1 fully saturated rings. The maximum atomic E-state index is 11.8. The molecule has 1 aliphatic rings. The van der Waals surface area contributed by atoms with Crippen LogP contribution in [-0.4, -0.2) is 38.2 Å². The standard InChI is InChI=1S/C15H15N3O3/c19-14-6-12(15(20)21)10-17(14)8-11-7-16-18(9-11)13-4-2-1-3-5-13/h1-5,7,9,12H,6,8,10H2,(H,20,21). The van der Waals surface area contributed by atoms with Crippen LogP contribution in [0.15, 0.2) is 42.7 Å². The molecule has 6 heteroatoms. The smallest absolute Gasteiger partial charge is 0.308 e. The minimum atomic E-state index is -0.911. The zero-order chi connectivity index (χ0) is 14.8. The lowest BCUT2D eigenvalue weighted by Gasteiger charge is -2.14. The monoisotopic (exact) mass is 285 g/mol. The quantitative estimate of drug-likeness (QED) is 0.919. The summed E-state index contributed by atoms with van der Waals surface area (Å²) in [4.78, 5) is 24.3. The second-order valence-corrected chi connectivity index (χ2v) is 5.14. The number of hydrogen-bond donors (Lipinski definition) is 1. The zero-order valence-electron chi connectivity index (χ0n) is 11.3. The Morgan fingerprint density at radius 3 is 2.76 bits per heavy atom. The van der Waals surface area contributed by atoms with Crippen molar-refractivity contribution in [1.82, 2.24) is 14.7 Å². The second-order valence-electron chi connectivity index (χ2n) is 5.14. The van der Waals surface area contributed by atoms with Gasteiger partial charge < -0.3 is 10.0 Å². The van der Waals surface area contributed by atoms with Gasteiger partial charge in [-0.2, -0.15) is 5.10 Å². The summed E-state index contributed by atoms with van der Waals surface area (Å²) >= 11 is 0. The highest BCUT2D eigenvalue weighted by Gasteiger charge is 2.34. The molecule has 0 saturated carbocycles. The molecule has 1 aromatic heterocycles. The van der Waals surface area contributed by atoms with Crippen molar-refractivity contribution in [2.45, 2.75) is 13.0 Å². The van der Waals surface area contributed by atoms with E-state index in [0.717, 1.165) is 11.3 Å². The fraction of sp³-hybridized carbons (Fsp3) is 0.267. The van der Waals surface area contributed by atoms with Crippen molar-refractivity contribution in [2.24, 2.45) is 5.92 Å². The van der Waals surface area contributed by atoms with E-state index in [1.807, 2.05) is 36.5 Å². The van der Waals surface area contributed by atoms with E-state index in [1.165, 1.54) is 0 Å². The summed E-state index contributed by atoms with van der Waals surface area (Å²) < 4.78 is 1.74. The molecular weight excluding hydrogens is 270 g/mol. The van der Waals surface area contributed by atoms with E-state index in [9.17, 15) is 9.59 Å². The number of aromatic nitrogens is 2. The van der Waals surface area contributed by atoms with Crippen LogP contribution in [0.2, 0.25) is 0 Å². The van der Waals surface area contributed by atoms with Crippen molar-refractivity contribution in [1.29, 1.82) is 0 Å². The number of benzene rings is 1. The average Bonchev–Trinajstić information content (AvgIpc) is 3.08. The highest BCUT2D eigenvalue weighted by molar-refractivity contribution is 5.86. The highest BCUT2D eigenvalue weighted by Crippen LogP contribution is 2.20. The summed E-state index contributed by atoms with van der Waals surface area (Å²) in [7, 11) is 0. The van der Waals surface area contributed by atoms with Crippen molar-refractivity contribution in [2.75, 3.05) is 6.54 Å². The Morgan fingerprint density at radius 2 is 2.10 bits per heavy atom. The minimum Gasteiger partial charge on any atom is -0.481 e. The van der Waals surface area contributed by atoms with Crippen LogP contribution >= 0.6 is 0 Å². The SMILES string of the molecule is O=C(O)C1CC(=O)N(Cc2cnn(-c3ccccc3)c2)C1. The Balaban J connectivity index is 1.71. The van der Waals surface area contributed by atoms with Crippen LogP contribution < -0.4 is 0 Å². The van der Waals surface area contributed by atoms with Crippen molar-refractivity contribution >= 4 is 11.9 Å². The zero-order valence-corrected chi connectivity index (χ0v) is 11.3. The molecule has 1 aliphatic heterocycles. The summed E-state index contributed by atoms with van der Waals surface area (Å²) in [5.74, 6) is -1.62. The predicted octanol–water partition coefficient (Wildman–Crippen LogP) is 1.31. The molecule has 1 atom stereocenters. The van der Waals surface area contributed by atoms with Crippen molar-refractivity contribution in [3.8, 4) is 5.69 Å². The first-order valence-corrected chi connectivity index (χ1v) is 6.73. The van der Waals surface area contributed by atoms with E-state index >= 15 is 0 Å². The third kappa shape index (κ3) is 2.79. The maximum absolute atomic E-state index is 11.8. The Labute approximate surface area is 121 Å². The lowest BCUT2D eigenvalue weighted by Crippen LogP contribution is -2.25. The summed E-state index contributed by atoms with van der Waals surface area (Å²) in [6.07, 6.45) is 3.65. The summed E-state index contributed by atoms with van der Waals surface area (Å²) in [6, 6.07) is 9.68. The number of rotatable bonds is 4. The molecule has 21 heavy (non-hydrogen) atoms. The number of nitrogens with zero attached hydrogens (tertiary/aromatic N) is 3. The first-order valence-electron chi connectivity index (χ1n) is 6.73. The van der Waals surface area contributed by atoms with Gasteiger partial charge in [-0.1, -0.05) is 18.2 Å². The second kappa shape index (κ2) is 5.40. The molecule has 108 valence electrons. The normalized spacial score (nSPS) is 18.2. The van der Waals surface area contributed by atoms with E-state index in [-0.39, 0.29) is 18.9 Å². The Kier molecular flexibility index (Phi) is 3.43. The van der Waals surface area contributed by atoms with Gasteiger partial charge in [0, 0.05) is 31.3 Å². The van der Waals surface area contributed by atoms with E-state index in [1.54, 1.807) is 15.8 Å². The van der Waals surface area contributed by atoms with Crippen LogP contribution in [0, 0.1) is 5.92 Å². The topological polar surface area (TPSA) is 75.4 Å². The molecule has 0 radical (unpaired) electrons. The molecular formula is C15H15N3O3. The Bertz CT molecular complexity index is 666. The number of amides is 1. The summed E-state index contributed by atoms with van der Waals surface area (Å²) in [5, 5.41) is 13.2. The molecule has 0 spiro atoms. The molecule has 1 saturated heterocycles. The van der Waals surface area contributed by atoms with E-state index in [0.29, 0.717) is 6.54 Å². The van der Waals surface area contributed by atoms with Crippen molar-refractivity contribution in [3.05, 3.63) is 48.3 Å². The highest BCUT2D eigenvalue weighted by atomic mass is 16.4. The number of carboxylic acid groups (broad SMARTS) is 1. The molecule has 1 N–H and O–H groups in total. The largest absolute Gasteiger partial charge is 0.481 e. The van der Waals surface area contributed by atoms with Crippen LogP contribution in [0.4, 0.5) is 0 Å². The number of carbonyl (C=O) groups excluding carboxylic acids is 1. The average molecular weight is 285 g/mol. The van der Waals surface area contributed by atoms with Gasteiger partial charge in [0.1, 0.15) is 0 Å². The van der Waals surface area contributed by atoms with Gasteiger partial charge >= 0.3 is 5.97 Å². The lowest BCUT2D eigenvalue weighted by atomic mass is 10.1. The van der Waals surface area contributed by atoms with Crippen LogP contribution in [0.1, 0.15) is 12.0 Å². The van der Waals surface area contributed by atoms with Crippen molar-refractivity contribution < 1.29 is 14.7 Å². The van der Waals surface area contributed by atoms with Crippen LogP contribution in [-0.2, 0) is 16.1 Å². The third-order valence-corrected chi connectivity index (χ3v) is 3.59. The number of likely N-dealkylation sites (tertiary alicyclic amines) is 1. The van der Waals surface area contributed by atoms with Gasteiger partial charge in [0.2, 0.25) is 5.91 Å². The molecule has 3 rings (SSSR count). The van der Waals surface area contributed by atoms with E-state index in [2.05, 4.69) is 5.10 Å². The Morgan fingerprint density at radius 1 is 1.33 bits per heavy atom. The molecule has 0 bridgehead atoms. The first kappa shape index (κ1) is 13.4. The Hall–Kier alpha value is -2.63. The van der Waals surface area contributed by atoms with Gasteiger partial charge in [0.05, 0.1) is 17.8 Å². The minimum absolute atomic E-state index is 0.0855.